The van der Waals surface area contributed by atoms with Crippen LogP contribution >= 0.6 is 23.2 Å². The summed E-state index contributed by atoms with van der Waals surface area (Å²) in [5.74, 6) is -3.19. The van der Waals surface area contributed by atoms with Crippen LogP contribution in [0.1, 0.15) is 48.4 Å². The summed E-state index contributed by atoms with van der Waals surface area (Å²) in [6.07, 6.45) is 0. The van der Waals surface area contributed by atoms with Crippen LogP contribution in [-0.2, 0) is 9.59 Å². The molecule has 18 heteroatoms. The number of nitrogens with one attached hydrogen (secondary N) is 4. The van der Waals surface area contributed by atoms with E-state index in [1.807, 2.05) is 0 Å². The first-order chi connectivity index (χ1) is 21.7. The minimum absolute atomic E-state index is 0. The number of carboxylic acids is 2. The molecule has 0 spiro atoms. The minimum Gasteiger partial charge on any atom is -1.00 e. The number of amides is 2. The van der Waals surface area contributed by atoms with Gasteiger partial charge in [-0.3, -0.25) is 9.59 Å². The number of likely N-dealkylation sites (N-methyl/N-ethyl adjacent to an activating group) is 2. The zero-order chi connectivity index (χ0) is 35.4. The molecule has 48 heavy (non-hydrogen) atoms. The number of methoxy groups -OCH3 is 2. The van der Waals surface area contributed by atoms with Crippen molar-refractivity contribution in [3.8, 4) is 11.5 Å². The van der Waals surface area contributed by atoms with Crippen LogP contribution in [0.25, 0.3) is 0 Å². The second-order valence-corrected chi connectivity index (χ2v) is 10.5. The first-order valence-corrected chi connectivity index (χ1v) is 15.4. The number of anilines is 2. The van der Waals surface area contributed by atoms with Gasteiger partial charge in [-0.1, -0.05) is 23.2 Å². The molecule has 0 bridgehead atoms. The molecule has 0 radical (unpaired) electrons. The second-order valence-electron chi connectivity index (χ2n) is 9.68. The summed E-state index contributed by atoms with van der Waals surface area (Å²) < 4.78 is 10.3. The Morgan fingerprint density at radius 1 is 0.667 bits per heavy atom. The van der Waals surface area contributed by atoms with Crippen LogP contribution in [-0.4, -0.2) is 101 Å². The molecule has 0 aliphatic heterocycles. The van der Waals surface area contributed by atoms with Crippen LogP contribution in [0.2, 0.25) is 10.0 Å². The summed E-state index contributed by atoms with van der Waals surface area (Å²) in [6, 6.07) is 6.20. The Kier molecular flexibility index (Phi) is 27.1. The van der Waals surface area contributed by atoms with E-state index in [1.165, 1.54) is 36.2 Å². The van der Waals surface area contributed by atoms with Crippen molar-refractivity contribution in [3.63, 3.8) is 0 Å². The lowest BCUT2D eigenvalue weighted by Gasteiger charge is -2.16. The van der Waals surface area contributed by atoms with Crippen molar-refractivity contribution >= 4 is 58.3 Å². The molecule has 2 aromatic rings. The van der Waals surface area contributed by atoms with Gasteiger partial charge in [0.15, 0.2) is 0 Å². The van der Waals surface area contributed by atoms with Crippen LogP contribution in [0.15, 0.2) is 24.3 Å². The number of rotatable bonds is 14. The van der Waals surface area contributed by atoms with Crippen molar-refractivity contribution < 1.29 is 73.5 Å². The Morgan fingerprint density at radius 3 is 1.19 bits per heavy atom. The molecule has 2 amide bonds. The van der Waals surface area contributed by atoms with Crippen molar-refractivity contribution in [1.82, 2.24) is 10.6 Å². The fourth-order valence-electron chi connectivity index (χ4n) is 3.93. The maximum atomic E-state index is 12.1. The second kappa shape index (κ2) is 26.5. The zero-order valence-corrected chi connectivity index (χ0v) is 31.0. The van der Waals surface area contributed by atoms with Gasteiger partial charge in [0, 0.05) is 12.1 Å². The molecule has 0 saturated carbocycles. The van der Waals surface area contributed by atoms with Crippen molar-refractivity contribution in [1.29, 1.82) is 0 Å². The van der Waals surface area contributed by atoms with Crippen LogP contribution in [0.5, 0.6) is 11.5 Å². The van der Waals surface area contributed by atoms with Crippen LogP contribution in [0.3, 0.4) is 0 Å². The lowest BCUT2D eigenvalue weighted by Crippen LogP contribution is -3.12. The van der Waals surface area contributed by atoms with Crippen LogP contribution in [0, 0.1) is 0 Å². The SMILES string of the molecule is CC[NH+](CC)CCNC(=O)c1cc(Cl)c(N)cc1OC.CC[NH+](CC)CCNC(=O)c1cc(Cl)c(N)cc1OC.O=C(O)C(=O)O.[Cl-].[Cl-]. The highest BCUT2D eigenvalue weighted by Crippen LogP contribution is 2.29. The van der Waals surface area contributed by atoms with Gasteiger partial charge in [-0.2, -0.15) is 0 Å². The van der Waals surface area contributed by atoms with Gasteiger partial charge in [-0.05, 0) is 39.8 Å². The molecule has 2 rings (SSSR count). The Labute approximate surface area is 304 Å². The molecule has 0 atom stereocenters. The van der Waals surface area contributed by atoms with Gasteiger partial charge in [0.25, 0.3) is 11.8 Å². The number of quaternary nitrogens is 2. The molecule has 0 unspecified atom stereocenters. The molecule has 0 saturated heterocycles. The van der Waals surface area contributed by atoms with Gasteiger partial charge in [0.05, 0.1) is 99.1 Å². The molecule has 0 aliphatic rings. The monoisotopic (exact) mass is 760 g/mol. The quantitative estimate of drug-likeness (QED) is 0.0676. The lowest BCUT2D eigenvalue weighted by atomic mass is 10.1. The third-order valence-electron chi connectivity index (χ3n) is 6.84. The number of hydrogen-bond donors (Lipinski definition) is 8. The fraction of sp³-hybridized carbons (Fsp3) is 0.467. The van der Waals surface area contributed by atoms with Crippen molar-refractivity contribution in [3.05, 3.63) is 45.4 Å². The molecule has 274 valence electrons. The number of aliphatic carboxylic acids is 2. The number of hydrogen-bond acceptors (Lipinski definition) is 8. The smallest absolute Gasteiger partial charge is 0.414 e. The van der Waals surface area contributed by atoms with Crippen LogP contribution < -0.4 is 66.2 Å². The molecule has 0 aromatic heterocycles. The van der Waals surface area contributed by atoms with Gasteiger partial charge < -0.3 is 76.4 Å². The Morgan fingerprint density at radius 2 is 0.958 bits per heavy atom. The topological polar surface area (TPSA) is 212 Å². The summed E-state index contributed by atoms with van der Waals surface area (Å²) in [6.45, 7) is 15.7. The van der Waals surface area contributed by atoms with Gasteiger partial charge >= 0.3 is 11.9 Å². The van der Waals surface area contributed by atoms with E-state index in [2.05, 4.69) is 38.3 Å². The number of ether oxygens (including phenoxy) is 2. The van der Waals surface area contributed by atoms with Gasteiger partial charge in [0.2, 0.25) is 0 Å². The average Bonchev–Trinajstić information content (AvgIpc) is 3.03. The van der Waals surface area contributed by atoms with Gasteiger partial charge in [-0.15, -0.1) is 0 Å². The molecule has 0 heterocycles. The van der Waals surface area contributed by atoms with E-state index in [-0.39, 0.29) is 36.6 Å². The van der Waals surface area contributed by atoms with Gasteiger partial charge in [0.1, 0.15) is 11.5 Å². The molecule has 0 aliphatic carbocycles. The molecular formula is C30H48Cl4N6O8. The normalized spacial score (nSPS) is 9.79. The predicted molar refractivity (Wildman–Crippen MR) is 179 cm³/mol. The molecule has 2 aromatic carbocycles. The van der Waals surface area contributed by atoms with Crippen LogP contribution in [0.4, 0.5) is 11.4 Å². The standard InChI is InChI=1S/2C14H22ClN3O2.C2H2O4.2ClH/c2*1-4-18(5-2)7-6-17-14(19)10-8-11(15)12(16)9-13(10)20-3;3-1(4)2(5)6;;/h2*8-9H,4-7,16H2,1-3H3,(H,17,19);(H,3,4)(H,5,6);2*1H. The molecule has 0 fully saturated rings. The van der Waals surface area contributed by atoms with Crippen molar-refractivity contribution in [2.75, 3.05) is 78.0 Å². The average molecular weight is 763 g/mol. The first-order valence-electron chi connectivity index (χ1n) is 14.7. The number of carbonyl (C=O) groups excluding carboxylic acids is 2. The number of carbonyl (C=O) groups is 4. The predicted octanol–water partition coefficient (Wildman–Crippen LogP) is -5.67. The van der Waals surface area contributed by atoms with E-state index in [0.717, 1.165) is 39.3 Å². The summed E-state index contributed by atoms with van der Waals surface area (Å²) >= 11 is 11.9. The molecular weight excluding hydrogens is 714 g/mol. The van der Waals surface area contributed by atoms with Gasteiger partial charge in [-0.25, -0.2) is 9.59 Å². The Bertz CT molecular complexity index is 1200. The highest BCUT2D eigenvalue weighted by atomic mass is 35.5. The maximum absolute atomic E-state index is 12.1. The lowest BCUT2D eigenvalue weighted by molar-refractivity contribution is -0.895. The minimum atomic E-state index is -1.82. The molecule has 10 N–H and O–H groups in total. The van der Waals surface area contributed by atoms with E-state index >= 15 is 0 Å². The third-order valence-corrected chi connectivity index (χ3v) is 7.49. The van der Waals surface area contributed by atoms with E-state index in [0.29, 0.717) is 57.1 Å². The molecule has 14 nitrogen and oxygen atoms in total. The maximum Gasteiger partial charge on any atom is 0.414 e. The summed E-state index contributed by atoms with van der Waals surface area (Å²) in [7, 11) is 3.00. The highest BCUT2D eigenvalue weighted by Gasteiger charge is 2.16. The van der Waals surface area contributed by atoms with E-state index in [4.69, 9.17) is 63.9 Å². The number of carboxylic acid groups (broad SMARTS) is 2. The Hall–Kier alpha value is -3.40. The number of halogens is 4. The van der Waals surface area contributed by atoms with Crippen molar-refractivity contribution in [2.24, 2.45) is 0 Å². The third kappa shape index (κ3) is 17.7. The zero-order valence-electron chi connectivity index (χ0n) is 28.0. The summed E-state index contributed by atoms with van der Waals surface area (Å²) in [5.41, 5.74) is 13.0. The van der Waals surface area contributed by atoms with E-state index in [9.17, 15) is 9.59 Å². The van der Waals surface area contributed by atoms with E-state index < -0.39 is 11.9 Å². The number of nitrogen functional groups attached to an aromatic ring is 2. The van der Waals surface area contributed by atoms with Crippen molar-refractivity contribution in [2.45, 2.75) is 27.7 Å². The fourth-order valence-corrected chi connectivity index (χ4v) is 4.26. The van der Waals surface area contributed by atoms with E-state index in [1.54, 1.807) is 12.1 Å². The highest BCUT2D eigenvalue weighted by molar-refractivity contribution is 6.34. The summed E-state index contributed by atoms with van der Waals surface area (Å²) in [4.78, 5) is 45.4. The number of nitrogens with two attached hydrogens (primary N) is 2. The summed E-state index contributed by atoms with van der Waals surface area (Å²) in [5, 5.41) is 21.2. The number of benzene rings is 2. The Balaban J connectivity index is -0.000000696. The largest absolute Gasteiger partial charge is 1.00 e. The first kappa shape index (κ1) is 49.0.